The van der Waals surface area contributed by atoms with Crippen molar-refractivity contribution in [3.63, 3.8) is 0 Å². The third-order valence-corrected chi connectivity index (χ3v) is 10.5. The molecule has 0 radical (unpaired) electrons. The second-order valence-corrected chi connectivity index (χ2v) is 13.0. The molecule has 48 heavy (non-hydrogen) atoms. The number of carbonyl (C=O) groups excluding carboxylic acids is 4. The minimum Gasteiger partial charge on any atom is -0.504 e. The molecule has 15 heteroatoms. The number of anilines is 1. The van der Waals surface area contributed by atoms with Crippen LogP contribution in [-0.4, -0.2) is 45.8 Å². The molecule has 6 atom stereocenters. The zero-order chi connectivity index (χ0) is 34.3. The molecule has 1 saturated carbocycles. The zero-order valence-corrected chi connectivity index (χ0v) is 26.4. The van der Waals surface area contributed by atoms with Crippen LogP contribution in [0.3, 0.4) is 0 Å². The molecule has 0 bridgehead atoms. The lowest BCUT2D eigenvalue weighted by Gasteiger charge is -2.50. The van der Waals surface area contributed by atoms with Gasteiger partial charge in [-0.1, -0.05) is 53.1 Å². The summed E-state index contributed by atoms with van der Waals surface area (Å²) in [6.07, 6.45) is -2.18. The number of methoxy groups -OCH3 is 1. The summed E-state index contributed by atoms with van der Waals surface area (Å²) in [5, 5.41) is 13.5. The van der Waals surface area contributed by atoms with Crippen LogP contribution in [-0.2, 0) is 30.8 Å². The van der Waals surface area contributed by atoms with E-state index < -0.39 is 75.4 Å². The maximum Gasteiger partial charge on any atom is 0.417 e. The van der Waals surface area contributed by atoms with E-state index in [0.29, 0.717) is 39.0 Å². The number of alkyl halides is 3. The zero-order valence-electron chi connectivity index (χ0n) is 24.8. The first-order valence-corrected chi connectivity index (χ1v) is 15.6. The van der Waals surface area contributed by atoms with Gasteiger partial charge in [0.15, 0.2) is 17.3 Å². The van der Waals surface area contributed by atoms with Crippen molar-refractivity contribution in [2.75, 3.05) is 12.5 Å². The number of imide groups is 2. The number of hydrazine groups is 1. The second kappa shape index (κ2) is 11.2. The first-order chi connectivity index (χ1) is 22.8. The van der Waals surface area contributed by atoms with E-state index in [1.807, 2.05) is 6.08 Å². The molecule has 10 nitrogen and oxygen atoms in total. The van der Waals surface area contributed by atoms with E-state index in [9.17, 15) is 32.7 Å². The van der Waals surface area contributed by atoms with Gasteiger partial charge in [0.25, 0.3) is 11.8 Å². The van der Waals surface area contributed by atoms with E-state index in [2.05, 4.69) is 15.7 Å². The molecule has 2 aliphatic heterocycles. The number of aromatic hydroxyl groups is 1. The van der Waals surface area contributed by atoms with E-state index in [0.717, 1.165) is 0 Å². The van der Waals surface area contributed by atoms with Crippen molar-refractivity contribution in [3.05, 3.63) is 93.1 Å². The topological polar surface area (TPSA) is 138 Å². The highest BCUT2D eigenvalue weighted by Crippen LogP contribution is 2.64. The molecular formula is C33H25Cl2F3N4O6. The average Bonchev–Trinajstić information content (AvgIpc) is 3.46. The molecule has 2 aromatic carbocycles. The van der Waals surface area contributed by atoms with Gasteiger partial charge in [-0.2, -0.15) is 18.2 Å². The molecule has 3 N–H and O–H groups in total. The van der Waals surface area contributed by atoms with Crippen molar-refractivity contribution < 1.29 is 42.2 Å². The molecule has 248 valence electrons. The number of hydrogen-bond donors (Lipinski definition) is 3. The summed E-state index contributed by atoms with van der Waals surface area (Å²) in [7, 11) is 1.36. The number of benzene rings is 2. The van der Waals surface area contributed by atoms with E-state index >= 15 is 4.79 Å². The van der Waals surface area contributed by atoms with Gasteiger partial charge in [0.1, 0.15) is 0 Å². The summed E-state index contributed by atoms with van der Waals surface area (Å²) in [4.78, 5) is 59.3. The Kier molecular flexibility index (Phi) is 7.48. The monoisotopic (exact) mass is 700 g/mol. The van der Waals surface area contributed by atoms with Gasteiger partial charge in [-0.25, -0.2) is 4.98 Å². The van der Waals surface area contributed by atoms with E-state index in [1.165, 1.54) is 13.2 Å². The third kappa shape index (κ3) is 4.66. The second-order valence-electron chi connectivity index (χ2n) is 12.2. The number of halogens is 5. The van der Waals surface area contributed by atoms with Gasteiger partial charge in [-0.05, 0) is 60.2 Å². The van der Waals surface area contributed by atoms with Crippen molar-refractivity contribution in [1.82, 2.24) is 15.3 Å². The number of allylic oxidation sites excluding steroid dienone is 2. The number of hydrogen-bond acceptors (Lipinski definition) is 8. The Morgan fingerprint density at radius 3 is 2.44 bits per heavy atom. The predicted molar refractivity (Wildman–Crippen MR) is 165 cm³/mol. The SMILES string of the molecule is COc1cc([C@H]2C3=CC[C@@H]4C(=O)NC(=O)[C@@H]4[C@@H]3C[C@H]3C(=O)N(Nc4ncc(C(F)(F)F)cc4Cl)C(=O)[C@@]23c2ccc(Cl)cc2)ccc1O. The number of aromatic nitrogens is 1. The minimum absolute atomic E-state index is 0.0149. The van der Waals surface area contributed by atoms with Gasteiger partial charge in [0.05, 0.1) is 40.9 Å². The number of pyridine rings is 1. The molecule has 3 fully saturated rings. The third-order valence-electron chi connectivity index (χ3n) is 9.94. The molecule has 4 aliphatic rings. The molecular weight excluding hydrogens is 676 g/mol. The van der Waals surface area contributed by atoms with Crippen LogP contribution in [0, 0.1) is 23.7 Å². The van der Waals surface area contributed by atoms with E-state index in [-0.39, 0.29) is 30.2 Å². The van der Waals surface area contributed by atoms with Gasteiger partial charge < -0.3 is 9.84 Å². The summed E-state index contributed by atoms with van der Waals surface area (Å²) in [6, 6.07) is 11.5. The smallest absolute Gasteiger partial charge is 0.417 e. The van der Waals surface area contributed by atoms with Crippen molar-refractivity contribution in [1.29, 1.82) is 0 Å². The summed E-state index contributed by atoms with van der Waals surface area (Å²) >= 11 is 12.4. The maximum atomic E-state index is 15.0. The lowest BCUT2D eigenvalue weighted by atomic mass is 9.49. The Morgan fingerprint density at radius 2 is 1.77 bits per heavy atom. The van der Waals surface area contributed by atoms with Crippen LogP contribution < -0.4 is 15.5 Å². The average molecular weight is 701 g/mol. The van der Waals surface area contributed by atoms with E-state index in [4.69, 9.17) is 27.9 Å². The summed E-state index contributed by atoms with van der Waals surface area (Å²) in [5.41, 5.74) is 1.26. The molecule has 4 amide bonds. The fraction of sp³-hybridized carbons (Fsp3) is 0.303. The lowest BCUT2D eigenvalue weighted by molar-refractivity contribution is -0.139. The van der Waals surface area contributed by atoms with Gasteiger partial charge in [0.2, 0.25) is 11.8 Å². The molecule has 3 aromatic rings. The number of phenols is 1. The Bertz CT molecular complexity index is 1940. The summed E-state index contributed by atoms with van der Waals surface area (Å²) < 4.78 is 45.4. The van der Waals surface area contributed by atoms with Gasteiger partial charge >= 0.3 is 6.18 Å². The highest BCUT2D eigenvalue weighted by Gasteiger charge is 2.70. The highest BCUT2D eigenvalue weighted by atomic mass is 35.5. The molecule has 7 rings (SSSR count). The number of rotatable bonds is 5. The number of phenolic OH excluding ortho intramolecular Hbond substituents is 1. The Labute approximate surface area is 280 Å². The first-order valence-electron chi connectivity index (χ1n) is 14.8. The normalized spacial score (nSPS) is 28.0. The van der Waals surface area contributed by atoms with Crippen LogP contribution in [0.1, 0.15) is 35.4 Å². The van der Waals surface area contributed by atoms with Crippen LogP contribution in [0.15, 0.2) is 66.4 Å². The summed E-state index contributed by atoms with van der Waals surface area (Å²) in [6.45, 7) is 0. The number of nitrogens with one attached hydrogen (secondary N) is 2. The Hall–Kier alpha value is -4.62. The molecule has 3 heterocycles. The Balaban J connectivity index is 1.45. The van der Waals surface area contributed by atoms with E-state index in [1.54, 1.807) is 36.4 Å². The highest BCUT2D eigenvalue weighted by molar-refractivity contribution is 6.33. The molecule has 0 unspecified atom stereocenters. The van der Waals surface area contributed by atoms with Crippen LogP contribution >= 0.6 is 23.2 Å². The Morgan fingerprint density at radius 1 is 1.04 bits per heavy atom. The van der Waals surface area contributed by atoms with Crippen LogP contribution in [0.4, 0.5) is 19.0 Å². The number of amides is 4. The lowest BCUT2D eigenvalue weighted by Crippen LogP contribution is -2.53. The fourth-order valence-corrected chi connectivity index (χ4v) is 8.28. The molecule has 1 aromatic heterocycles. The quantitative estimate of drug-likeness (QED) is 0.238. The van der Waals surface area contributed by atoms with Crippen molar-refractivity contribution in [2.45, 2.75) is 30.4 Å². The van der Waals surface area contributed by atoms with Crippen molar-refractivity contribution in [2.24, 2.45) is 23.7 Å². The largest absolute Gasteiger partial charge is 0.504 e. The number of nitrogens with zero attached hydrogens (tertiary/aromatic N) is 2. The van der Waals surface area contributed by atoms with Crippen molar-refractivity contribution >= 4 is 52.6 Å². The first kappa shape index (κ1) is 32.0. The molecule has 2 saturated heterocycles. The molecule has 0 spiro atoms. The number of fused-ring (bicyclic) bond motifs is 4. The van der Waals surface area contributed by atoms with Gasteiger partial charge in [-0.3, -0.25) is 29.9 Å². The van der Waals surface area contributed by atoms with Crippen LogP contribution in [0.5, 0.6) is 11.5 Å². The van der Waals surface area contributed by atoms with Gasteiger partial charge in [0, 0.05) is 17.1 Å². The number of ether oxygens (including phenoxy) is 1. The standard InChI is InChI=1S/C33H25Cl2F3N4O6/c1-48-24-10-14(2-9-23(24)43)26-18-7-8-19-25(29(45)40-28(19)44)20(18)12-21-30(46)42(31(47)32(21,26)15-3-5-17(34)6-4-15)41-27-22(35)11-16(13-39-27)33(36,37)38/h2-7,9-11,13,19-21,25-26,43H,8,12H2,1H3,(H,39,41)(H,40,44,45)/t19-,20+,21-,25-,26-,32+/m0/s1. The van der Waals surface area contributed by atoms with Gasteiger partial charge in [-0.15, -0.1) is 0 Å². The summed E-state index contributed by atoms with van der Waals surface area (Å²) in [5.74, 6) is -7.06. The number of carbonyl (C=O) groups is 4. The fourth-order valence-electron chi connectivity index (χ4n) is 7.94. The van der Waals surface area contributed by atoms with Crippen LogP contribution in [0.25, 0.3) is 0 Å². The van der Waals surface area contributed by atoms with Crippen LogP contribution in [0.2, 0.25) is 10.0 Å². The minimum atomic E-state index is -4.74. The maximum absolute atomic E-state index is 15.0. The van der Waals surface area contributed by atoms with Crippen molar-refractivity contribution in [3.8, 4) is 11.5 Å². The predicted octanol–water partition coefficient (Wildman–Crippen LogP) is 5.39. The molecule has 2 aliphatic carbocycles.